The van der Waals surface area contributed by atoms with Crippen LogP contribution in [0.2, 0.25) is 0 Å². The number of carbonyl (C=O) groups excluding carboxylic acids is 1. The zero-order valence-corrected chi connectivity index (χ0v) is 21.7. The molecule has 4 saturated heterocycles. The minimum Gasteiger partial charge on any atom is -0.454 e. The van der Waals surface area contributed by atoms with Gasteiger partial charge in [-0.2, -0.15) is 4.98 Å². The van der Waals surface area contributed by atoms with Crippen molar-refractivity contribution in [3.8, 4) is 11.5 Å². The van der Waals surface area contributed by atoms with Gasteiger partial charge in [0.1, 0.15) is 18.6 Å². The largest absolute Gasteiger partial charge is 0.454 e. The first kappa shape index (κ1) is 24.3. The molecular weight excluding hydrogens is 464 g/mol. The standard InChI is InChI=1S/C30H37N4O3/c1-30(25-13-7-3-8-14-25,33-17-9-4-10-18-33)29(35)36-26-21-34(19-15-23(26)16-20-34)22-27-31-28(37-32-27)24-11-5-2-6-12-24/h2-3,5-8,11-14,23,26H,4,9-10,15-22H2,1H3/q+1/t23?,26-,30-,34?/m0/s1. The summed E-state index contributed by atoms with van der Waals surface area (Å²) in [7, 11) is 0. The Morgan fingerprint density at radius 2 is 1.70 bits per heavy atom. The lowest BCUT2D eigenvalue weighted by Gasteiger charge is -2.52. The summed E-state index contributed by atoms with van der Waals surface area (Å²) in [6.07, 6.45) is 5.52. The van der Waals surface area contributed by atoms with Crippen LogP contribution in [0.4, 0.5) is 0 Å². The third-order valence-corrected chi connectivity index (χ3v) is 8.99. The van der Waals surface area contributed by atoms with Gasteiger partial charge >= 0.3 is 5.97 Å². The topological polar surface area (TPSA) is 68.5 Å². The molecule has 2 bridgehead atoms. The molecule has 7 rings (SSSR count). The highest BCUT2D eigenvalue weighted by molar-refractivity contribution is 5.82. The maximum Gasteiger partial charge on any atom is 0.331 e. The van der Waals surface area contributed by atoms with Gasteiger partial charge in [0.05, 0.1) is 13.1 Å². The van der Waals surface area contributed by atoms with Crippen molar-refractivity contribution in [2.45, 2.75) is 57.2 Å². The maximum absolute atomic E-state index is 14.0. The second kappa shape index (κ2) is 10.0. The number of nitrogens with zero attached hydrogens (tertiary/aromatic N) is 4. The summed E-state index contributed by atoms with van der Waals surface area (Å²) < 4.78 is 12.9. The first-order valence-corrected chi connectivity index (χ1v) is 13.8. The zero-order valence-electron chi connectivity index (χ0n) is 21.7. The third kappa shape index (κ3) is 4.71. The van der Waals surface area contributed by atoms with E-state index in [2.05, 4.69) is 29.1 Å². The summed E-state index contributed by atoms with van der Waals surface area (Å²) in [5, 5.41) is 4.31. The van der Waals surface area contributed by atoms with Crippen LogP contribution in [0, 0.1) is 5.92 Å². The van der Waals surface area contributed by atoms with E-state index < -0.39 is 5.54 Å². The minimum absolute atomic E-state index is 0.0803. The highest BCUT2D eigenvalue weighted by atomic mass is 16.5. The highest BCUT2D eigenvalue weighted by Crippen LogP contribution is 2.39. The molecule has 7 nitrogen and oxygen atoms in total. The molecule has 37 heavy (non-hydrogen) atoms. The van der Waals surface area contributed by atoms with Crippen molar-refractivity contribution in [1.29, 1.82) is 0 Å². The minimum atomic E-state index is -0.767. The lowest BCUT2D eigenvalue weighted by molar-refractivity contribution is -0.958. The van der Waals surface area contributed by atoms with E-state index in [0.29, 0.717) is 18.4 Å². The fourth-order valence-corrected chi connectivity index (χ4v) is 6.68. The molecule has 0 N–H and O–H groups in total. The van der Waals surface area contributed by atoms with Gasteiger partial charge in [-0.05, 0) is 50.6 Å². The van der Waals surface area contributed by atoms with Crippen molar-refractivity contribution in [1.82, 2.24) is 15.0 Å². The fourth-order valence-electron chi connectivity index (χ4n) is 6.68. The van der Waals surface area contributed by atoms with E-state index in [1.165, 1.54) is 6.42 Å². The number of carbonyl (C=O) groups is 1. The molecule has 5 heterocycles. The van der Waals surface area contributed by atoms with E-state index in [1.807, 2.05) is 48.5 Å². The van der Waals surface area contributed by atoms with E-state index in [0.717, 1.165) is 79.8 Å². The number of esters is 1. The molecule has 1 aromatic heterocycles. The van der Waals surface area contributed by atoms with Gasteiger partial charge < -0.3 is 13.7 Å². The fraction of sp³-hybridized carbons (Fsp3) is 0.500. The van der Waals surface area contributed by atoms with Crippen molar-refractivity contribution >= 4 is 5.97 Å². The number of hydrogen-bond acceptors (Lipinski definition) is 6. The van der Waals surface area contributed by atoms with E-state index in [-0.39, 0.29) is 12.1 Å². The Hall–Kier alpha value is -3.03. The Kier molecular flexibility index (Phi) is 6.59. The number of quaternary nitrogens is 1. The average molecular weight is 502 g/mol. The normalized spacial score (nSPS) is 27.5. The summed E-state index contributed by atoms with van der Waals surface area (Å²) in [6.45, 7) is 7.57. The Bertz CT molecular complexity index is 1200. The predicted octanol–water partition coefficient (Wildman–Crippen LogP) is 4.79. The van der Waals surface area contributed by atoms with Crippen LogP contribution in [0.15, 0.2) is 65.2 Å². The van der Waals surface area contributed by atoms with Crippen LogP contribution < -0.4 is 0 Å². The summed E-state index contributed by atoms with van der Waals surface area (Å²) in [4.78, 5) is 21.1. The van der Waals surface area contributed by atoms with Gasteiger partial charge in [0.15, 0.2) is 6.10 Å². The van der Waals surface area contributed by atoms with E-state index >= 15 is 0 Å². The van der Waals surface area contributed by atoms with Gasteiger partial charge in [0, 0.05) is 24.3 Å². The molecule has 4 fully saturated rings. The molecule has 194 valence electrons. The molecule has 7 heteroatoms. The molecule has 0 aliphatic carbocycles. The summed E-state index contributed by atoms with van der Waals surface area (Å²) in [5.74, 6) is 1.61. The van der Waals surface area contributed by atoms with Crippen LogP contribution in [0.3, 0.4) is 0 Å². The van der Waals surface area contributed by atoms with Crippen molar-refractivity contribution in [3.63, 3.8) is 0 Å². The number of hydrogen-bond donors (Lipinski definition) is 0. The molecule has 0 radical (unpaired) electrons. The quantitative estimate of drug-likeness (QED) is 0.343. The Balaban J connectivity index is 1.20. The number of ether oxygens (including phenoxy) is 1. The molecular formula is C30H37N4O3+. The molecule has 0 saturated carbocycles. The maximum atomic E-state index is 14.0. The van der Waals surface area contributed by atoms with Gasteiger partial charge in [-0.1, -0.05) is 60.1 Å². The monoisotopic (exact) mass is 501 g/mol. The van der Waals surface area contributed by atoms with Crippen LogP contribution in [-0.2, 0) is 21.6 Å². The number of likely N-dealkylation sites (tertiary alicyclic amines) is 1. The lowest BCUT2D eigenvalue weighted by atomic mass is 9.82. The van der Waals surface area contributed by atoms with E-state index in [9.17, 15) is 4.79 Å². The number of aromatic nitrogens is 2. The van der Waals surface area contributed by atoms with Gasteiger partial charge in [0.2, 0.25) is 5.82 Å². The van der Waals surface area contributed by atoms with E-state index in [4.69, 9.17) is 14.2 Å². The molecule has 0 spiro atoms. The first-order chi connectivity index (χ1) is 18.1. The van der Waals surface area contributed by atoms with Crippen LogP contribution in [-0.4, -0.2) is 64.3 Å². The molecule has 0 unspecified atom stereocenters. The molecule has 2 aromatic carbocycles. The molecule has 2 atom stereocenters. The lowest BCUT2D eigenvalue weighted by Crippen LogP contribution is -2.64. The Morgan fingerprint density at radius 1 is 1.03 bits per heavy atom. The van der Waals surface area contributed by atoms with Crippen molar-refractivity contribution < 1.29 is 18.5 Å². The summed E-state index contributed by atoms with van der Waals surface area (Å²) >= 11 is 0. The Morgan fingerprint density at radius 3 is 2.41 bits per heavy atom. The third-order valence-electron chi connectivity index (χ3n) is 8.99. The van der Waals surface area contributed by atoms with Crippen molar-refractivity contribution in [2.75, 3.05) is 32.7 Å². The molecule has 3 aromatic rings. The first-order valence-electron chi connectivity index (χ1n) is 13.8. The Labute approximate surface area is 219 Å². The van der Waals surface area contributed by atoms with Gasteiger partial charge in [-0.15, -0.1) is 0 Å². The van der Waals surface area contributed by atoms with Crippen LogP contribution >= 0.6 is 0 Å². The van der Waals surface area contributed by atoms with E-state index in [1.54, 1.807) is 0 Å². The van der Waals surface area contributed by atoms with Crippen LogP contribution in [0.1, 0.15) is 50.4 Å². The van der Waals surface area contributed by atoms with Crippen molar-refractivity contribution in [2.24, 2.45) is 5.92 Å². The van der Waals surface area contributed by atoms with Crippen LogP contribution in [0.25, 0.3) is 11.5 Å². The van der Waals surface area contributed by atoms with Crippen molar-refractivity contribution in [3.05, 3.63) is 72.1 Å². The van der Waals surface area contributed by atoms with Gasteiger partial charge in [-0.3, -0.25) is 4.90 Å². The summed E-state index contributed by atoms with van der Waals surface area (Å²) in [6, 6.07) is 20.1. The number of piperidine rings is 4. The summed E-state index contributed by atoms with van der Waals surface area (Å²) in [5.41, 5.74) is 1.19. The van der Waals surface area contributed by atoms with Gasteiger partial charge in [0.25, 0.3) is 5.89 Å². The highest BCUT2D eigenvalue weighted by Gasteiger charge is 2.51. The zero-order chi connectivity index (χ0) is 25.3. The van der Waals surface area contributed by atoms with Crippen LogP contribution in [0.5, 0.6) is 0 Å². The number of benzene rings is 2. The second-order valence-electron chi connectivity index (χ2n) is 11.3. The van der Waals surface area contributed by atoms with Gasteiger partial charge in [-0.25, -0.2) is 4.79 Å². The second-order valence-corrected chi connectivity index (χ2v) is 11.3. The molecule has 0 amide bonds. The molecule has 4 aliphatic heterocycles. The predicted molar refractivity (Wildman–Crippen MR) is 140 cm³/mol. The molecule has 4 aliphatic rings. The SMILES string of the molecule is C[C@@](C(=O)O[C@H]1C[N+]2(Cc3noc(-c4ccccc4)n3)CCC1CC2)(c1ccccc1)N1CCCCC1. The number of fused-ring (bicyclic) bond motifs is 3. The smallest absolute Gasteiger partial charge is 0.331 e. The average Bonchev–Trinajstić information content (AvgIpc) is 3.42. The number of rotatable bonds is 7.